The van der Waals surface area contributed by atoms with E-state index in [0.29, 0.717) is 24.7 Å². The molecule has 1 aliphatic rings. The molecule has 2 N–H and O–H groups in total. The summed E-state index contributed by atoms with van der Waals surface area (Å²) in [4.78, 5) is 16.3. The van der Waals surface area contributed by atoms with Crippen molar-refractivity contribution in [3.8, 4) is 0 Å². The Morgan fingerprint density at radius 1 is 1.42 bits per heavy atom. The van der Waals surface area contributed by atoms with Gasteiger partial charge in [0.2, 0.25) is 5.89 Å². The van der Waals surface area contributed by atoms with Crippen LogP contribution in [0.25, 0.3) is 0 Å². The van der Waals surface area contributed by atoms with E-state index in [1.165, 1.54) is 11.1 Å². The number of aryl methyl sites for hydroxylation is 2. The van der Waals surface area contributed by atoms with Gasteiger partial charge in [-0.05, 0) is 49.4 Å². The summed E-state index contributed by atoms with van der Waals surface area (Å²) in [7, 11) is 0. The third kappa shape index (κ3) is 4.35. The quantitative estimate of drug-likeness (QED) is 0.780. The number of urea groups is 1. The molecule has 128 valence electrons. The zero-order valence-corrected chi connectivity index (χ0v) is 15.2. The van der Waals surface area contributed by atoms with Gasteiger partial charge in [0.05, 0.1) is 6.04 Å². The second-order valence-electron chi connectivity index (χ2n) is 6.03. The van der Waals surface area contributed by atoms with E-state index in [-0.39, 0.29) is 12.1 Å². The highest BCUT2D eigenvalue weighted by atomic mass is 79.9. The van der Waals surface area contributed by atoms with Crippen LogP contribution in [-0.4, -0.2) is 22.7 Å². The first-order valence-corrected chi connectivity index (χ1v) is 9.03. The van der Waals surface area contributed by atoms with Crippen LogP contribution in [0.2, 0.25) is 0 Å². The van der Waals surface area contributed by atoms with Crippen LogP contribution in [0.4, 0.5) is 4.79 Å². The van der Waals surface area contributed by atoms with E-state index < -0.39 is 0 Å². The zero-order valence-electron chi connectivity index (χ0n) is 13.6. The number of aromatic nitrogens is 2. The fourth-order valence-corrected chi connectivity index (χ4v) is 3.44. The molecular weight excluding hydrogens is 372 g/mol. The van der Waals surface area contributed by atoms with Crippen molar-refractivity contribution in [2.45, 2.75) is 45.1 Å². The van der Waals surface area contributed by atoms with Gasteiger partial charge in [-0.25, -0.2) is 4.79 Å². The van der Waals surface area contributed by atoms with Gasteiger partial charge in [0.25, 0.3) is 0 Å². The van der Waals surface area contributed by atoms with Crippen molar-refractivity contribution in [3.63, 3.8) is 0 Å². The molecule has 1 aromatic carbocycles. The Labute approximate surface area is 149 Å². The normalized spacial score (nSPS) is 17.0. The molecule has 1 unspecified atom stereocenters. The first-order chi connectivity index (χ1) is 11.6. The van der Waals surface area contributed by atoms with Crippen molar-refractivity contribution in [1.82, 2.24) is 20.8 Å². The van der Waals surface area contributed by atoms with E-state index in [9.17, 15) is 4.79 Å². The number of benzene rings is 1. The van der Waals surface area contributed by atoms with Crippen molar-refractivity contribution < 1.29 is 9.32 Å². The molecule has 1 atom stereocenters. The van der Waals surface area contributed by atoms with E-state index in [0.717, 1.165) is 30.2 Å². The van der Waals surface area contributed by atoms with Crippen molar-refractivity contribution in [2.75, 3.05) is 6.54 Å². The summed E-state index contributed by atoms with van der Waals surface area (Å²) >= 11 is 3.53. The zero-order chi connectivity index (χ0) is 16.9. The summed E-state index contributed by atoms with van der Waals surface area (Å²) < 4.78 is 6.12. The topological polar surface area (TPSA) is 80.0 Å². The van der Waals surface area contributed by atoms with Crippen LogP contribution in [0, 0.1) is 6.92 Å². The van der Waals surface area contributed by atoms with Gasteiger partial charge in [0, 0.05) is 17.4 Å². The Morgan fingerprint density at radius 2 is 2.29 bits per heavy atom. The highest BCUT2D eigenvalue weighted by molar-refractivity contribution is 9.10. The molecule has 1 aliphatic carbocycles. The SMILES string of the molecule is Cc1noc(CCNC(=O)NC2CCCCc3cc(Br)ccc32)n1. The molecular formula is C17H21BrN4O2. The first kappa shape index (κ1) is 17.0. The highest BCUT2D eigenvalue weighted by Crippen LogP contribution is 2.30. The Bertz CT molecular complexity index is 716. The molecule has 0 radical (unpaired) electrons. The minimum Gasteiger partial charge on any atom is -0.339 e. The summed E-state index contributed by atoms with van der Waals surface area (Å²) in [5, 5.41) is 9.69. The molecule has 1 aromatic heterocycles. The Balaban J connectivity index is 1.56. The van der Waals surface area contributed by atoms with Crippen LogP contribution in [-0.2, 0) is 12.8 Å². The van der Waals surface area contributed by atoms with Crippen LogP contribution >= 0.6 is 15.9 Å². The Hall–Kier alpha value is -1.89. The number of fused-ring (bicyclic) bond motifs is 1. The number of hydrogen-bond acceptors (Lipinski definition) is 4. The largest absolute Gasteiger partial charge is 0.339 e. The number of carbonyl (C=O) groups excluding carboxylic acids is 1. The number of nitrogens with zero attached hydrogens (tertiary/aromatic N) is 2. The van der Waals surface area contributed by atoms with Crippen LogP contribution in [0.1, 0.15) is 48.1 Å². The van der Waals surface area contributed by atoms with Gasteiger partial charge in [-0.3, -0.25) is 0 Å². The maximum atomic E-state index is 12.2. The third-order valence-electron chi connectivity index (χ3n) is 4.17. The predicted octanol–water partition coefficient (Wildman–Crippen LogP) is 3.45. The molecule has 0 bridgehead atoms. The lowest BCUT2D eigenvalue weighted by atomic mass is 9.99. The van der Waals surface area contributed by atoms with Gasteiger partial charge < -0.3 is 15.2 Å². The standard InChI is InChI=1S/C17H21BrN4O2/c1-11-20-16(24-22-11)8-9-19-17(23)21-15-5-3-2-4-12-10-13(18)6-7-14(12)15/h6-7,10,15H,2-5,8-9H2,1H3,(H2,19,21,23). The summed E-state index contributed by atoms with van der Waals surface area (Å²) in [6.45, 7) is 2.24. The number of halogens is 1. The second-order valence-corrected chi connectivity index (χ2v) is 6.94. The number of carbonyl (C=O) groups is 1. The fourth-order valence-electron chi connectivity index (χ4n) is 3.03. The molecule has 0 aliphatic heterocycles. The van der Waals surface area contributed by atoms with E-state index in [1.807, 2.05) is 6.07 Å². The van der Waals surface area contributed by atoms with Crippen molar-refractivity contribution in [2.24, 2.45) is 0 Å². The molecule has 0 spiro atoms. The monoisotopic (exact) mass is 392 g/mol. The molecule has 2 amide bonds. The number of amides is 2. The van der Waals surface area contributed by atoms with Gasteiger partial charge in [-0.15, -0.1) is 0 Å². The van der Waals surface area contributed by atoms with Gasteiger partial charge in [0.15, 0.2) is 5.82 Å². The Morgan fingerprint density at radius 3 is 3.08 bits per heavy atom. The van der Waals surface area contributed by atoms with Crippen molar-refractivity contribution in [3.05, 3.63) is 45.5 Å². The number of nitrogens with one attached hydrogen (secondary N) is 2. The summed E-state index contributed by atoms with van der Waals surface area (Å²) in [6, 6.07) is 6.20. The third-order valence-corrected chi connectivity index (χ3v) is 4.66. The van der Waals surface area contributed by atoms with Crippen LogP contribution < -0.4 is 10.6 Å². The smallest absolute Gasteiger partial charge is 0.315 e. The van der Waals surface area contributed by atoms with Crippen LogP contribution in [0.3, 0.4) is 0 Å². The minimum atomic E-state index is -0.160. The van der Waals surface area contributed by atoms with E-state index in [4.69, 9.17) is 4.52 Å². The molecule has 0 saturated carbocycles. The van der Waals surface area contributed by atoms with Gasteiger partial charge in [-0.1, -0.05) is 33.6 Å². The van der Waals surface area contributed by atoms with E-state index in [2.05, 4.69) is 48.8 Å². The summed E-state index contributed by atoms with van der Waals surface area (Å²) in [5.41, 5.74) is 2.53. The molecule has 2 aromatic rings. The molecule has 6 nitrogen and oxygen atoms in total. The predicted molar refractivity (Wildman–Crippen MR) is 93.7 cm³/mol. The first-order valence-electron chi connectivity index (χ1n) is 8.23. The van der Waals surface area contributed by atoms with Crippen LogP contribution in [0.15, 0.2) is 27.2 Å². The molecule has 24 heavy (non-hydrogen) atoms. The van der Waals surface area contributed by atoms with Crippen molar-refractivity contribution >= 4 is 22.0 Å². The maximum Gasteiger partial charge on any atom is 0.315 e. The number of rotatable bonds is 4. The molecule has 0 saturated heterocycles. The second kappa shape index (κ2) is 7.79. The van der Waals surface area contributed by atoms with E-state index >= 15 is 0 Å². The highest BCUT2D eigenvalue weighted by Gasteiger charge is 2.20. The fraction of sp³-hybridized carbons (Fsp3) is 0.471. The average molecular weight is 393 g/mol. The Kier molecular flexibility index (Phi) is 5.50. The lowest BCUT2D eigenvalue weighted by Crippen LogP contribution is -2.39. The molecule has 3 rings (SSSR count). The summed E-state index contributed by atoms with van der Waals surface area (Å²) in [6.07, 6.45) is 4.82. The van der Waals surface area contributed by atoms with Gasteiger partial charge >= 0.3 is 6.03 Å². The number of hydrogen-bond donors (Lipinski definition) is 2. The van der Waals surface area contributed by atoms with E-state index in [1.54, 1.807) is 6.92 Å². The summed E-state index contributed by atoms with van der Waals surface area (Å²) in [5.74, 6) is 1.15. The van der Waals surface area contributed by atoms with Gasteiger partial charge in [0.1, 0.15) is 0 Å². The van der Waals surface area contributed by atoms with Crippen LogP contribution in [0.5, 0.6) is 0 Å². The maximum absolute atomic E-state index is 12.2. The van der Waals surface area contributed by atoms with Crippen molar-refractivity contribution in [1.29, 1.82) is 0 Å². The van der Waals surface area contributed by atoms with Gasteiger partial charge in [-0.2, -0.15) is 4.98 Å². The average Bonchev–Trinajstić information content (AvgIpc) is 2.86. The molecule has 0 fully saturated rings. The molecule has 7 heteroatoms. The molecule has 1 heterocycles. The minimum absolute atomic E-state index is 0.0567. The lowest BCUT2D eigenvalue weighted by Gasteiger charge is -2.20. The lowest BCUT2D eigenvalue weighted by molar-refractivity contribution is 0.236.